The van der Waals surface area contributed by atoms with Crippen molar-refractivity contribution in [2.24, 2.45) is 0 Å². The molecule has 0 radical (unpaired) electrons. The number of Topliss-reactive ketones (excluding diaryl/α,β-unsaturated/α-hetero) is 1. The second kappa shape index (κ2) is 2.09. The maximum Gasteiger partial charge on any atom is 0.221 e. The average Bonchev–Trinajstić information content (AvgIpc) is 1.98. The van der Waals surface area contributed by atoms with Crippen LogP contribution in [0.4, 0.5) is 0 Å². The Morgan fingerprint density at radius 2 is 2.00 bits per heavy atom. The third kappa shape index (κ3) is 0.754. The maximum atomic E-state index is 11.4. The largest absolute Gasteiger partial charge is 0.296 e. The molecule has 0 aromatic heterocycles. The van der Waals surface area contributed by atoms with Gasteiger partial charge in [-0.15, -0.1) is 0 Å². The van der Waals surface area contributed by atoms with E-state index in [1.54, 1.807) is 0 Å². The Bertz CT molecular complexity index is 329. The van der Waals surface area contributed by atoms with Crippen LogP contribution in [0.3, 0.4) is 0 Å². The molecule has 0 bridgehead atoms. The summed E-state index contributed by atoms with van der Waals surface area (Å²) in [5.74, 6) is -0.403. The van der Waals surface area contributed by atoms with Gasteiger partial charge in [-0.05, 0) is 19.3 Å². The van der Waals surface area contributed by atoms with Gasteiger partial charge in [0.1, 0.15) is 5.75 Å². The number of likely N-dealkylation sites (N-methyl/N-ethyl adjacent to an activating group) is 1. The number of carbonyl (C=O) groups is 1. The number of carbonyl (C=O) groups excluding carboxylic acids is 1. The minimum absolute atomic E-state index is 0.115. The van der Waals surface area contributed by atoms with Crippen molar-refractivity contribution in [2.45, 2.75) is 24.8 Å². The molecule has 1 spiro atoms. The zero-order valence-electron chi connectivity index (χ0n) is 6.91. The Morgan fingerprint density at radius 3 is 2.17 bits per heavy atom. The van der Waals surface area contributed by atoms with Crippen molar-refractivity contribution in [3.05, 3.63) is 0 Å². The molecule has 12 heavy (non-hydrogen) atoms. The van der Waals surface area contributed by atoms with E-state index in [-0.39, 0.29) is 11.5 Å². The maximum absolute atomic E-state index is 11.4. The number of sulfonamides is 1. The molecule has 0 aromatic rings. The van der Waals surface area contributed by atoms with E-state index >= 15 is 0 Å². The lowest BCUT2D eigenvalue weighted by Gasteiger charge is -2.40. The van der Waals surface area contributed by atoms with Gasteiger partial charge in [-0.25, -0.2) is 8.42 Å². The number of nitrogens with zero attached hydrogens (tertiary/aromatic N) is 1. The summed E-state index contributed by atoms with van der Waals surface area (Å²) in [7, 11) is -1.75. The number of hydrogen-bond donors (Lipinski definition) is 0. The van der Waals surface area contributed by atoms with Crippen molar-refractivity contribution in [1.82, 2.24) is 4.31 Å². The molecule has 0 unspecified atom stereocenters. The van der Waals surface area contributed by atoms with Crippen LogP contribution in [0.2, 0.25) is 0 Å². The van der Waals surface area contributed by atoms with Crippen molar-refractivity contribution in [3.8, 4) is 0 Å². The van der Waals surface area contributed by atoms with E-state index in [0.29, 0.717) is 12.8 Å². The molecule has 1 saturated heterocycles. The molecule has 2 aliphatic rings. The van der Waals surface area contributed by atoms with Crippen LogP contribution in [0, 0.1) is 0 Å². The van der Waals surface area contributed by atoms with Crippen LogP contribution in [-0.2, 0) is 14.8 Å². The topological polar surface area (TPSA) is 54.5 Å². The van der Waals surface area contributed by atoms with Crippen molar-refractivity contribution < 1.29 is 13.2 Å². The van der Waals surface area contributed by atoms with E-state index in [1.807, 2.05) is 0 Å². The second-order valence-electron chi connectivity index (χ2n) is 3.53. The molecule has 0 amide bonds. The van der Waals surface area contributed by atoms with Crippen LogP contribution in [0.25, 0.3) is 0 Å². The van der Waals surface area contributed by atoms with Gasteiger partial charge in [0.25, 0.3) is 0 Å². The first-order valence-corrected chi connectivity index (χ1v) is 5.60. The zero-order chi connectivity index (χ0) is 8.98. The van der Waals surface area contributed by atoms with Gasteiger partial charge in [0, 0.05) is 7.05 Å². The SMILES string of the molecule is CN1C2(CCC2)C(=O)CS1(=O)=O. The third-order valence-electron chi connectivity index (χ3n) is 3.03. The highest BCUT2D eigenvalue weighted by Gasteiger charge is 2.57. The minimum atomic E-state index is -3.26. The van der Waals surface area contributed by atoms with Crippen molar-refractivity contribution in [3.63, 3.8) is 0 Å². The Hall–Kier alpha value is -0.420. The molecule has 1 aliphatic heterocycles. The van der Waals surface area contributed by atoms with Gasteiger partial charge >= 0.3 is 0 Å². The molecule has 0 atom stereocenters. The quantitative estimate of drug-likeness (QED) is 0.528. The fraction of sp³-hybridized carbons (Fsp3) is 0.857. The first-order chi connectivity index (χ1) is 5.49. The molecule has 68 valence electrons. The van der Waals surface area contributed by atoms with E-state index in [4.69, 9.17) is 0 Å². The summed E-state index contributed by atoms with van der Waals surface area (Å²) >= 11 is 0. The van der Waals surface area contributed by atoms with E-state index in [9.17, 15) is 13.2 Å². The molecule has 2 rings (SSSR count). The lowest BCUT2D eigenvalue weighted by molar-refractivity contribution is -0.127. The molecular weight excluding hydrogens is 178 g/mol. The fourth-order valence-electron chi connectivity index (χ4n) is 1.94. The van der Waals surface area contributed by atoms with Crippen molar-refractivity contribution >= 4 is 15.8 Å². The summed E-state index contributed by atoms with van der Waals surface area (Å²) in [6.45, 7) is 0. The number of rotatable bonds is 0. The summed E-state index contributed by atoms with van der Waals surface area (Å²) in [5.41, 5.74) is -0.626. The highest BCUT2D eigenvalue weighted by atomic mass is 32.2. The molecule has 2 fully saturated rings. The molecule has 5 heteroatoms. The van der Waals surface area contributed by atoms with Gasteiger partial charge in [-0.2, -0.15) is 4.31 Å². The smallest absolute Gasteiger partial charge is 0.221 e. The Morgan fingerprint density at radius 1 is 1.42 bits per heavy atom. The van der Waals surface area contributed by atoms with Gasteiger partial charge in [-0.1, -0.05) is 0 Å². The predicted octanol–water partition coefficient (Wildman–Crippen LogP) is -0.247. The Balaban J connectivity index is 2.45. The van der Waals surface area contributed by atoms with Gasteiger partial charge in [-0.3, -0.25) is 4.79 Å². The molecule has 0 aromatic carbocycles. The Labute approximate surface area is 71.6 Å². The van der Waals surface area contributed by atoms with Gasteiger partial charge in [0.05, 0.1) is 5.54 Å². The first kappa shape index (κ1) is 8.19. The number of hydrogen-bond acceptors (Lipinski definition) is 3. The van der Waals surface area contributed by atoms with Crippen LogP contribution in [0.1, 0.15) is 19.3 Å². The predicted molar refractivity (Wildman–Crippen MR) is 43.1 cm³/mol. The van der Waals surface area contributed by atoms with E-state index in [1.165, 1.54) is 11.4 Å². The summed E-state index contributed by atoms with van der Waals surface area (Å²) in [4.78, 5) is 11.4. The van der Waals surface area contributed by atoms with Crippen LogP contribution in [0.5, 0.6) is 0 Å². The minimum Gasteiger partial charge on any atom is -0.296 e. The molecule has 0 N–H and O–H groups in total. The van der Waals surface area contributed by atoms with Crippen LogP contribution in [0.15, 0.2) is 0 Å². The Kier molecular flexibility index (Phi) is 1.42. The summed E-state index contributed by atoms with van der Waals surface area (Å²) in [6, 6.07) is 0. The third-order valence-corrected chi connectivity index (χ3v) is 4.84. The van der Waals surface area contributed by atoms with E-state index in [2.05, 4.69) is 0 Å². The van der Waals surface area contributed by atoms with E-state index < -0.39 is 15.6 Å². The molecule has 1 aliphatic carbocycles. The molecule has 1 saturated carbocycles. The zero-order valence-corrected chi connectivity index (χ0v) is 7.73. The normalized spacial score (nSPS) is 32.2. The molecule has 1 heterocycles. The van der Waals surface area contributed by atoms with Crippen LogP contribution in [-0.4, -0.2) is 36.8 Å². The highest BCUT2D eigenvalue weighted by Crippen LogP contribution is 2.43. The standard InChI is InChI=1S/C7H11NO3S/c1-8-7(3-2-4-7)6(9)5-12(8,10)11/h2-5H2,1H3. The summed E-state index contributed by atoms with van der Waals surface area (Å²) in [6.07, 6.45) is 2.38. The number of ketones is 1. The monoisotopic (exact) mass is 189 g/mol. The molecule has 4 nitrogen and oxygen atoms in total. The van der Waals surface area contributed by atoms with E-state index in [0.717, 1.165) is 6.42 Å². The van der Waals surface area contributed by atoms with Crippen molar-refractivity contribution in [2.75, 3.05) is 12.8 Å². The van der Waals surface area contributed by atoms with Crippen LogP contribution < -0.4 is 0 Å². The average molecular weight is 189 g/mol. The summed E-state index contributed by atoms with van der Waals surface area (Å²) in [5, 5.41) is 0. The molecular formula is C7H11NO3S. The van der Waals surface area contributed by atoms with Crippen LogP contribution >= 0.6 is 0 Å². The summed E-state index contributed by atoms with van der Waals surface area (Å²) < 4.78 is 23.8. The van der Waals surface area contributed by atoms with Gasteiger partial charge in [0.15, 0.2) is 5.78 Å². The van der Waals surface area contributed by atoms with Crippen molar-refractivity contribution in [1.29, 1.82) is 0 Å². The lowest BCUT2D eigenvalue weighted by atomic mass is 9.74. The highest BCUT2D eigenvalue weighted by molar-refractivity contribution is 7.90. The first-order valence-electron chi connectivity index (χ1n) is 3.99. The lowest BCUT2D eigenvalue weighted by Crippen LogP contribution is -2.52. The fourth-order valence-corrected chi connectivity index (χ4v) is 3.55. The van der Waals surface area contributed by atoms with Gasteiger partial charge in [0.2, 0.25) is 10.0 Å². The second-order valence-corrected chi connectivity index (χ2v) is 5.53. The van der Waals surface area contributed by atoms with Gasteiger partial charge < -0.3 is 0 Å².